The minimum atomic E-state index is -0.382. The number of rotatable bonds is 7. The number of nitrogens with zero attached hydrogens (tertiary/aromatic N) is 1. The molecule has 2 aromatic carbocycles. The normalized spacial score (nSPS) is 10.3. The van der Waals surface area contributed by atoms with Gasteiger partial charge < -0.3 is 10.1 Å². The molecule has 28 heavy (non-hydrogen) atoms. The highest BCUT2D eigenvalue weighted by Crippen LogP contribution is 2.25. The van der Waals surface area contributed by atoms with Gasteiger partial charge in [-0.15, -0.1) is 11.8 Å². The molecule has 0 saturated heterocycles. The topological polar surface area (TPSA) is 68.3 Å². The van der Waals surface area contributed by atoms with E-state index in [0.29, 0.717) is 28.4 Å². The first-order chi connectivity index (χ1) is 13.7. The number of ether oxygens (including phenoxy) is 1. The first kappa shape index (κ1) is 19.6. The summed E-state index contributed by atoms with van der Waals surface area (Å²) in [6.45, 7) is 2.08. The van der Waals surface area contributed by atoms with Crippen molar-refractivity contribution in [3.63, 3.8) is 0 Å². The number of amides is 1. The van der Waals surface area contributed by atoms with Crippen LogP contribution in [0.15, 0.2) is 78.0 Å². The molecule has 0 bridgehead atoms. The van der Waals surface area contributed by atoms with Crippen molar-refractivity contribution in [3.05, 3.63) is 89.6 Å². The van der Waals surface area contributed by atoms with Crippen LogP contribution >= 0.6 is 11.8 Å². The lowest BCUT2D eigenvalue weighted by atomic mass is 10.2. The minimum Gasteiger partial charge on any atom is -0.462 e. The molecule has 0 aliphatic heterocycles. The largest absolute Gasteiger partial charge is 0.462 e. The predicted octanol–water partition coefficient (Wildman–Crippen LogP) is 4.80. The Morgan fingerprint density at radius 1 is 1.00 bits per heavy atom. The van der Waals surface area contributed by atoms with Gasteiger partial charge in [0.15, 0.2) is 0 Å². The van der Waals surface area contributed by atoms with Crippen molar-refractivity contribution in [2.24, 2.45) is 0 Å². The van der Waals surface area contributed by atoms with Gasteiger partial charge in [-0.3, -0.25) is 4.79 Å². The lowest BCUT2D eigenvalue weighted by Gasteiger charge is -2.10. The number of aromatic nitrogens is 1. The zero-order valence-electron chi connectivity index (χ0n) is 15.4. The molecule has 5 nitrogen and oxygen atoms in total. The summed E-state index contributed by atoms with van der Waals surface area (Å²) in [4.78, 5) is 28.8. The van der Waals surface area contributed by atoms with E-state index >= 15 is 0 Å². The maximum atomic E-state index is 12.7. The number of thioether (sulfide) groups is 1. The molecule has 1 heterocycles. The molecule has 0 fully saturated rings. The Bertz CT molecular complexity index is 944. The lowest BCUT2D eigenvalue weighted by Crippen LogP contribution is -2.14. The van der Waals surface area contributed by atoms with E-state index in [9.17, 15) is 9.59 Å². The number of anilines is 1. The highest BCUT2D eigenvalue weighted by Gasteiger charge is 2.14. The van der Waals surface area contributed by atoms with Crippen LogP contribution < -0.4 is 5.32 Å². The molecule has 0 radical (unpaired) electrons. The number of benzene rings is 2. The van der Waals surface area contributed by atoms with E-state index in [1.54, 1.807) is 49.5 Å². The highest BCUT2D eigenvalue weighted by atomic mass is 32.2. The molecule has 0 atom stereocenters. The van der Waals surface area contributed by atoms with E-state index in [1.165, 1.54) is 17.3 Å². The Morgan fingerprint density at radius 3 is 2.46 bits per heavy atom. The summed E-state index contributed by atoms with van der Waals surface area (Å²) in [5.41, 5.74) is 2.72. The third-order valence-corrected chi connectivity index (χ3v) is 4.96. The highest BCUT2D eigenvalue weighted by molar-refractivity contribution is 7.98. The van der Waals surface area contributed by atoms with Gasteiger partial charge in [0.05, 0.1) is 17.7 Å². The van der Waals surface area contributed by atoms with Crippen LogP contribution in [0.1, 0.15) is 33.2 Å². The van der Waals surface area contributed by atoms with Crippen molar-refractivity contribution in [1.29, 1.82) is 0 Å². The Hall–Kier alpha value is -3.12. The average Bonchev–Trinajstić information content (AvgIpc) is 2.74. The van der Waals surface area contributed by atoms with Crippen molar-refractivity contribution in [1.82, 2.24) is 4.98 Å². The van der Waals surface area contributed by atoms with E-state index < -0.39 is 0 Å². The number of carbonyl (C=O) groups is 2. The second-order valence-corrected chi connectivity index (χ2v) is 6.85. The lowest BCUT2D eigenvalue weighted by molar-refractivity contribution is 0.0526. The van der Waals surface area contributed by atoms with Crippen LogP contribution in [-0.4, -0.2) is 23.5 Å². The van der Waals surface area contributed by atoms with Crippen molar-refractivity contribution in [2.75, 3.05) is 11.9 Å². The molecule has 0 aliphatic rings. The minimum absolute atomic E-state index is 0.243. The zero-order chi connectivity index (χ0) is 19.8. The van der Waals surface area contributed by atoms with Crippen LogP contribution in [0.25, 0.3) is 0 Å². The predicted molar refractivity (Wildman–Crippen MR) is 111 cm³/mol. The molecule has 0 unspecified atom stereocenters. The number of hydrogen-bond acceptors (Lipinski definition) is 5. The molecular formula is C22H20N2O3S. The number of carbonyl (C=O) groups excluding carboxylic acids is 2. The van der Waals surface area contributed by atoms with Crippen LogP contribution in [0.4, 0.5) is 5.69 Å². The standard InChI is InChI=1S/C22H20N2O3S/c1-2-27-22(26)17-10-12-18(13-11-17)24-20(25)19-9-6-14-23-21(19)28-15-16-7-4-3-5-8-16/h3-14H,2,15H2,1H3,(H,24,25). The third-order valence-electron chi connectivity index (χ3n) is 3.89. The molecular weight excluding hydrogens is 372 g/mol. The fourth-order valence-corrected chi connectivity index (χ4v) is 3.45. The molecule has 142 valence electrons. The first-order valence-corrected chi connectivity index (χ1v) is 9.86. The average molecular weight is 392 g/mol. The van der Waals surface area contributed by atoms with Crippen molar-refractivity contribution in [2.45, 2.75) is 17.7 Å². The Morgan fingerprint density at radius 2 is 1.75 bits per heavy atom. The molecule has 1 aromatic heterocycles. The Kier molecular flexibility index (Phi) is 6.81. The third kappa shape index (κ3) is 5.20. The van der Waals surface area contributed by atoms with Gasteiger partial charge in [0.1, 0.15) is 5.03 Å². The fraction of sp³-hybridized carbons (Fsp3) is 0.136. The maximum Gasteiger partial charge on any atom is 0.338 e. The second kappa shape index (κ2) is 9.71. The summed E-state index contributed by atoms with van der Waals surface area (Å²) < 4.78 is 4.96. The van der Waals surface area contributed by atoms with Gasteiger partial charge in [0.25, 0.3) is 5.91 Å². The van der Waals surface area contributed by atoms with E-state index in [0.717, 1.165) is 5.75 Å². The summed E-state index contributed by atoms with van der Waals surface area (Å²) >= 11 is 1.52. The van der Waals surface area contributed by atoms with E-state index in [-0.39, 0.29) is 11.9 Å². The summed E-state index contributed by atoms with van der Waals surface area (Å²) in [6, 6.07) is 20.1. The number of hydrogen-bond donors (Lipinski definition) is 1. The van der Waals surface area contributed by atoms with Crippen LogP contribution in [0.3, 0.4) is 0 Å². The number of pyridine rings is 1. The van der Waals surface area contributed by atoms with Crippen molar-refractivity contribution >= 4 is 29.3 Å². The molecule has 0 aliphatic carbocycles. The summed E-state index contributed by atoms with van der Waals surface area (Å²) in [7, 11) is 0. The van der Waals surface area contributed by atoms with Gasteiger partial charge in [-0.25, -0.2) is 9.78 Å². The summed E-state index contributed by atoms with van der Waals surface area (Å²) in [5, 5.41) is 3.52. The molecule has 0 spiro atoms. The van der Waals surface area contributed by atoms with Gasteiger partial charge in [0.2, 0.25) is 0 Å². The SMILES string of the molecule is CCOC(=O)c1ccc(NC(=O)c2cccnc2SCc2ccccc2)cc1. The summed E-state index contributed by atoms with van der Waals surface area (Å²) in [5.74, 6) is 0.103. The second-order valence-electron chi connectivity index (χ2n) is 5.88. The van der Waals surface area contributed by atoms with Crippen molar-refractivity contribution in [3.8, 4) is 0 Å². The Balaban J connectivity index is 1.68. The Labute approximate surface area is 168 Å². The van der Waals surface area contributed by atoms with Gasteiger partial charge in [0, 0.05) is 17.6 Å². The number of esters is 1. The van der Waals surface area contributed by atoms with Crippen LogP contribution in [-0.2, 0) is 10.5 Å². The monoisotopic (exact) mass is 392 g/mol. The molecule has 6 heteroatoms. The van der Waals surface area contributed by atoms with Crippen LogP contribution in [0, 0.1) is 0 Å². The van der Waals surface area contributed by atoms with Gasteiger partial charge in [-0.2, -0.15) is 0 Å². The van der Waals surface area contributed by atoms with Crippen LogP contribution in [0.2, 0.25) is 0 Å². The van der Waals surface area contributed by atoms with Crippen molar-refractivity contribution < 1.29 is 14.3 Å². The first-order valence-electron chi connectivity index (χ1n) is 8.87. The number of nitrogens with one attached hydrogen (secondary N) is 1. The van der Waals surface area contributed by atoms with Gasteiger partial charge in [-0.1, -0.05) is 30.3 Å². The van der Waals surface area contributed by atoms with Gasteiger partial charge in [-0.05, 0) is 48.9 Å². The fourth-order valence-electron chi connectivity index (χ4n) is 2.51. The molecule has 3 aromatic rings. The zero-order valence-corrected chi connectivity index (χ0v) is 16.2. The maximum absolute atomic E-state index is 12.7. The quantitative estimate of drug-likeness (QED) is 0.462. The van der Waals surface area contributed by atoms with E-state index in [4.69, 9.17) is 4.74 Å². The van der Waals surface area contributed by atoms with Crippen LogP contribution in [0.5, 0.6) is 0 Å². The van der Waals surface area contributed by atoms with Gasteiger partial charge >= 0.3 is 5.97 Å². The summed E-state index contributed by atoms with van der Waals surface area (Å²) in [6.07, 6.45) is 1.68. The molecule has 1 N–H and O–H groups in total. The molecule has 3 rings (SSSR count). The smallest absolute Gasteiger partial charge is 0.338 e. The van der Waals surface area contributed by atoms with E-state index in [1.807, 2.05) is 30.3 Å². The molecule has 1 amide bonds. The molecule has 0 saturated carbocycles. The van der Waals surface area contributed by atoms with E-state index in [2.05, 4.69) is 10.3 Å².